The molecule has 0 saturated carbocycles. The van der Waals surface area contributed by atoms with Crippen LogP contribution in [-0.4, -0.2) is 27.2 Å². The minimum Gasteiger partial charge on any atom is -0.299 e. The predicted molar refractivity (Wildman–Crippen MR) is 89.3 cm³/mol. The Morgan fingerprint density at radius 1 is 1.38 bits per heavy atom. The number of anilines is 1. The molecule has 0 aliphatic rings. The first-order chi connectivity index (χ1) is 10.1. The predicted octanol–water partition coefficient (Wildman–Crippen LogP) is 3.83. The molecule has 1 unspecified atom stereocenters. The van der Waals surface area contributed by atoms with Crippen molar-refractivity contribution >= 4 is 45.7 Å². The number of alkyl halides is 1. The van der Waals surface area contributed by atoms with Crippen LogP contribution < -0.4 is 5.32 Å². The topological polar surface area (TPSA) is 54.9 Å². The van der Waals surface area contributed by atoms with Crippen molar-refractivity contribution in [1.29, 1.82) is 0 Å². The second kappa shape index (κ2) is 8.36. The first kappa shape index (κ1) is 16.3. The molecule has 0 aliphatic carbocycles. The minimum absolute atomic E-state index is 0.256. The Kier molecular flexibility index (Phi) is 6.48. The third-order valence-corrected chi connectivity index (χ3v) is 4.93. The standard InChI is InChI=1S/C14H16ClN3OS2/c1-10(15)12(19)16-13-17-18-14(21-13)20-9-5-8-11-6-3-2-4-7-11/h2-4,6-7,10H,5,8-9H2,1H3,(H,16,17,19). The molecule has 2 aromatic rings. The van der Waals surface area contributed by atoms with Crippen LogP contribution in [0.4, 0.5) is 5.13 Å². The molecule has 1 heterocycles. The van der Waals surface area contributed by atoms with Crippen molar-refractivity contribution in [2.75, 3.05) is 11.1 Å². The van der Waals surface area contributed by atoms with Crippen LogP contribution in [0.3, 0.4) is 0 Å². The van der Waals surface area contributed by atoms with Crippen LogP contribution in [0.5, 0.6) is 0 Å². The number of hydrogen-bond acceptors (Lipinski definition) is 5. The number of hydrogen-bond donors (Lipinski definition) is 1. The van der Waals surface area contributed by atoms with E-state index in [1.165, 1.54) is 16.9 Å². The van der Waals surface area contributed by atoms with Gasteiger partial charge in [0.15, 0.2) is 4.34 Å². The van der Waals surface area contributed by atoms with Crippen molar-refractivity contribution in [3.8, 4) is 0 Å². The number of amides is 1. The summed E-state index contributed by atoms with van der Waals surface area (Å²) < 4.78 is 0.862. The van der Waals surface area contributed by atoms with Gasteiger partial charge in [-0.3, -0.25) is 10.1 Å². The average Bonchev–Trinajstić information content (AvgIpc) is 2.92. The number of thioether (sulfide) groups is 1. The molecule has 1 amide bonds. The molecular weight excluding hydrogens is 326 g/mol. The van der Waals surface area contributed by atoms with Crippen molar-refractivity contribution in [3.05, 3.63) is 35.9 Å². The fourth-order valence-electron chi connectivity index (χ4n) is 1.60. The van der Waals surface area contributed by atoms with E-state index in [1.54, 1.807) is 18.7 Å². The molecule has 1 aromatic carbocycles. The molecule has 0 spiro atoms. The normalized spacial score (nSPS) is 12.1. The van der Waals surface area contributed by atoms with E-state index in [0.717, 1.165) is 22.9 Å². The monoisotopic (exact) mass is 341 g/mol. The summed E-state index contributed by atoms with van der Waals surface area (Å²) in [6, 6.07) is 10.4. The van der Waals surface area contributed by atoms with E-state index < -0.39 is 5.38 Å². The Morgan fingerprint density at radius 3 is 2.86 bits per heavy atom. The van der Waals surface area contributed by atoms with Crippen molar-refractivity contribution in [2.24, 2.45) is 0 Å². The van der Waals surface area contributed by atoms with Crippen LogP contribution in [-0.2, 0) is 11.2 Å². The smallest absolute Gasteiger partial charge is 0.243 e. The van der Waals surface area contributed by atoms with Gasteiger partial charge in [0, 0.05) is 5.75 Å². The Hall–Kier alpha value is -1.11. The molecule has 21 heavy (non-hydrogen) atoms. The quantitative estimate of drug-likeness (QED) is 0.360. The van der Waals surface area contributed by atoms with Crippen molar-refractivity contribution in [3.63, 3.8) is 0 Å². The number of nitrogens with zero attached hydrogens (tertiary/aromatic N) is 2. The van der Waals surface area contributed by atoms with Crippen LogP contribution >= 0.6 is 34.7 Å². The Morgan fingerprint density at radius 2 is 2.14 bits per heavy atom. The summed E-state index contributed by atoms with van der Waals surface area (Å²) in [6.45, 7) is 1.62. The van der Waals surface area contributed by atoms with Gasteiger partial charge < -0.3 is 0 Å². The van der Waals surface area contributed by atoms with Crippen LogP contribution in [0.15, 0.2) is 34.7 Å². The van der Waals surface area contributed by atoms with Gasteiger partial charge in [-0.25, -0.2) is 0 Å². The lowest BCUT2D eigenvalue weighted by Crippen LogP contribution is -2.20. The third-order valence-electron chi connectivity index (χ3n) is 2.68. The molecule has 0 fully saturated rings. The minimum atomic E-state index is -0.573. The summed E-state index contributed by atoms with van der Waals surface area (Å²) >= 11 is 8.72. The van der Waals surface area contributed by atoms with Crippen LogP contribution in [0.2, 0.25) is 0 Å². The van der Waals surface area contributed by atoms with Crippen molar-refractivity contribution < 1.29 is 4.79 Å². The number of nitrogens with one attached hydrogen (secondary N) is 1. The van der Waals surface area contributed by atoms with E-state index in [9.17, 15) is 4.79 Å². The summed E-state index contributed by atoms with van der Waals surface area (Å²) in [6.07, 6.45) is 2.13. The number of halogens is 1. The van der Waals surface area contributed by atoms with Gasteiger partial charge in [0.25, 0.3) is 0 Å². The third kappa shape index (κ3) is 5.65. The maximum absolute atomic E-state index is 11.4. The lowest BCUT2D eigenvalue weighted by molar-refractivity contribution is -0.115. The second-order valence-electron chi connectivity index (χ2n) is 4.42. The molecule has 4 nitrogen and oxygen atoms in total. The number of carbonyl (C=O) groups excluding carboxylic acids is 1. The Balaban J connectivity index is 1.72. The summed E-state index contributed by atoms with van der Waals surface area (Å²) in [7, 11) is 0. The molecule has 0 bridgehead atoms. The summed E-state index contributed by atoms with van der Waals surface area (Å²) in [5.74, 6) is 0.720. The molecule has 0 aliphatic heterocycles. The van der Waals surface area contributed by atoms with Gasteiger partial charge in [0.1, 0.15) is 5.38 Å². The maximum atomic E-state index is 11.4. The van der Waals surface area contributed by atoms with Crippen LogP contribution in [0.25, 0.3) is 0 Å². The van der Waals surface area contributed by atoms with Crippen LogP contribution in [0.1, 0.15) is 18.9 Å². The van der Waals surface area contributed by atoms with Gasteiger partial charge in [-0.2, -0.15) is 0 Å². The molecule has 1 N–H and O–H groups in total. The molecule has 1 atom stereocenters. The lowest BCUT2D eigenvalue weighted by Gasteiger charge is -2.01. The zero-order chi connectivity index (χ0) is 15.1. The van der Waals surface area contributed by atoms with E-state index >= 15 is 0 Å². The number of benzene rings is 1. The highest BCUT2D eigenvalue weighted by Gasteiger charge is 2.12. The Labute approximate surface area is 137 Å². The molecule has 7 heteroatoms. The highest BCUT2D eigenvalue weighted by molar-refractivity contribution is 8.01. The zero-order valence-electron chi connectivity index (χ0n) is 11.6. The first-order valence-corrected chi connectivity index (χ1v) is 8.84. The van der Waals surface area contributed by atoms with Crippen molar-refractivity contribution in [1.82, 2.24) is 10.2 Å². The number of aromatic nitrogens is 2. The van der Waals surface area contributed by atoms with E-state index in [4.69, 9.17) is 11.6 Å². The van der Waals surface area contributed by atoms with Gasteiger partial charge in [0.2, 0.25) is 11.0 Å². The van der Waals surface area contributed by atoms with E-state index in [-0.39, 0.29) is 5.91 Å². The van der Waals surface area contributed by atoms with E-state index in [2.05, 4.69) is 39.8 Å². The maximum Gasteiger partial charge on any atom is 0.243 e. The van der Waals surface area contributed by atoms with Crippen LogP contribution in [0, 0.1) is 0 Å². The fraction of sp³-hybridized carbons (Fsp3) is 0.357. The zero-order valence-corrected chi connectivity index (χ0v) is 14.0. The van der Waals surface area contributed by atoms with E-state index in [1.807, 2.05) is 6.07 Å². The molecule has 0 saturated heterocycles. The second-order valence-corrected chi connectivity index (χ2v) is 7.39. The number of aryl methyl sites for hydroxylation is 1. The van der Waals surface area contributed by atoms with Gasteiger partial charge in [0.05, 0.1) is 0 Å². The average molecular weight is 342 g/mol. The van der Waals surface area contributed by atoms with Gasteiger partial charge in [-0.05, 0) is 25.3 Å². The fourth-order valence-corrected chi connectivity index (χ4v) is 3.42. The summed E-state index contributed by atoms with van der Waals surface area (Å²) in [5, 5.41) is 10.5. The van der Waals surface area contributed by atoms with E-state index in [0.29, 0.717) is 5.13 Å². The summed E-state index contributed by atoms with van der Waals surface area (Å²) in [5.41, 5.74) is 1.35. The number of carbonyl (C=O) groups is 1. The first-order valence-electron chi connectivity index (χ1n) is 6.60. The Bertz CT molecular complexity index is 575. The molecule has 2 rings (SSSR count). The molecule has 1 aromatic heterocycles. The highest BCUT2D eigenvalue weighted by Crippen LogP contribution is 2.26. The molecule has 0 radical (unpaired) electrons. The largest absolute Gasteiger partial charge is 0.299 e. The highest BCUT2D eigenvalue weighted by atomic mass is 35.5. The van der Waals surface area contributed by atoms with Gasteiger partial charge in [-0.1, -0.05) is 53.4 Å². The molecular formula is C14H16ClN3OS2. The molecule has 112 valence electrons. The lowest BCUT2D eigenvalue weighted by atomic mass is 10.1. The van der Waals surface area contributed by atoms with Gasteiger partial charge >= 0.3 is 0 Å². The number of rotatable bonds is 7. The SMILES string of the molecule is CC(Cl)C(=O)Nc1nnc(SCCCc2ccccc2)s1. The summed E-state index contributed by atoms with van der Waals surface area (Å²) in [4.78, 5) is 11.4. The van der Waals surface area contributed by atoms with Crippen molar-refractivity contribution in [2.45, 2.75) is 29.5 Å². The van der Waals surface area contributed by atoms with Gasteiger partial charge in [-0.15, -0.1) is 21.8 Å².